The summed E-state index contributed by atoms with van der Waals surface area (Å²) in [5, 5.41) is 6.06. The number of carbonyl (C=O) groups is 1. The average molecular weight is 422 g/mol. The number of halogens is 2. The van der Waals surface area contributed by atoms with Crippen LogP contribution in [0.15, 0.2) is 22.0 Å². The standard InChI is InChI=1S/C16H23N5O2S.2ClH/c1-11(17)10-14(22)21-7-5-20(6-8-21)12(2)16-18-15(19-23-16)13-4-3-9-24-13;;/h3-4,9,11-12H,5-8,10,17H2,1-2H3;2*1H. The summed E-state index contributed by atoms with van der Waals surface area (Å²) in [6.45, 7) is 6.93. The zero-order chi connectivity index (χ0) is 17.1. The molecule has 3 rings (SSSR count). The van der Waals surface area contributed by atoms with Gasteiger partial charge in [0.2, 0.25) is 17.6 Å². The molecule has 26 heavy (non-hydrogen) atoms. The lowest BCUT2D eigenvalue weighted by molar-refractivity contribution is -0.133. The van der Waals surface area contributed by atoms with Crippen molar-refractivity contribution >= 4 is 42.1 Å². The largest absolute Gasteiger partial charge is 0.340 e. The molecule has 0 bridgehead atoms. The lowest BCUT2D eigenvalue weighted by atomic mass is 10.2. The van der Waals surface area contributed by atoms with Crippen LogP contribution in [0.2, 0.25) is 0 Å². The topological polar surface area (TPSA) is 88.5 Å². The maximum Gasteiger partial charge on any atom is 0.244 e. The van der Waals surface area contributed by atoms with Crippen LogP contribution in [0.25, 0.3) is 10.7 Å². The molecule has 2 aromatic heterocycles. The van der Waals surface area contributed by atoms with Crippen molar-refractivity contribution in [3.63, 3.8) is 0 Å². The molecule has 1 fully saturated rings. The Morgan fingerprint density at radius 3 is 2.58 bits per heavy atom. The molecular weight excluding hydrogens is 397 g/mol. The molecule has 0 aliphatic carbocycles. The third-order valence-corrected chi connectivity index (χ3v) is 5.12. The summed E-state index contributed by atoms with van der Waals surface area (Å²) in [5.41, 5.74) is 5.71. The Labute approximate surface area is 169 Å². The van der Waals surface area contributed by atoms with Gasteiger partial charge in [-0.3, -0.25) is 9.69 Å². The van der Waals surface area contributed by atoms with Crippen molar-refractivity contribution in [1.29, 1.82) is 0 Å². The number of piperazine rings is 1. The molecule has 2 atom stereocenters. The summed E-state index contributed by atoms with van der Waals surface area (Å²) in [6, 6.07) is 3.89. The van der Waals surface area contributed by atoms with Crippen LogP contribution in [0.4, 0.5) is 0 Å². The Kier molecular flexibility index (Phi) is 8.99. The number of rotatable bonds is 5. The van der Waals surface area contributed by atoms with Gasteiger partial charge >= 0.3 is 0 Å². The van der Waals surface area contributed by atoms with Crippen molar-refractivity contribution < 1.29 is 9.32 Å². The summed E-state index contributed by atoms with van der Waals surface area (Å²) < 4.78 is 5.44. The van der Waals surface area contributed by atoms with E-state index in [1.807, 2.05) is 29.3 Å². The Morgan fingerprint density at radius 2 is 2.00 bits per heavy atom. The first-order chi connectivity index (χ1) is 11.5. The van der Waals surface area contributed by atoms with Crippen LogP contribution >= 0.6 is 36.2 Å². The number of hydrogen-bond donors (Lipinski definition) is 1. The Bertz CT molecular complexity index is 672. The summed E-state index contributed by atoms with van der Waals surface area (Å²) in [5.74, 6) is 1.39. The molecule has 0 aromatic carbocycles. The predicted molar refractivity (Wildman–Crippen MR) is 107 cm³/mol. The normalized spacial score (nSPS) is 17.1. The SMILES string of the molecule is CC(N)CC(=O)N1CCN(C(C)c2nc(-c3cccs3)no2)CC1.Cl.Cl. The first-order valence-corrected chi connectivity index (χ1v) is 9.07. The van der Waals surface area contributed by atoms with E-state index < -0.39 is 0 Å². The molecule has 3 heterocycles. The first kappa shape index (κ1) is 22.9. The molecule has 2 unspecified atom stereocenters. The molecular formula is C16H25Cl2N5O2S. The van der Waals surface area contributed by atoms with E-state index in [2.05, 4.69) is 22.0 Å². The lowest BCUT2D eigenvalue weighted by Gasteiger charge is -2.37. The molecule has 146 valence electrons. The van der Waals surface area contributed by atoms with E-state index in [4.69, 9.17) is 10.3 Å². The van der Waals surface area contributed by atoms with Gasteiger partial charge in [-0.2, -0.15) is 4.98 Å². The quantitative estimate of drug-likeness (QED) is 0.797. The number of carbonyl (C=O) groups excluding carboxylic acids is 1. The highest BCUT2D eigenvalue weighted by Crippen LogP contribution is 2.25. The van der Waals surface area contributed by atoms with Crippen LogP contribution in [0.5, 0.6) is 0 Å². The van der Waals surface area contributed by atoms with Gasteiger partial charge in [0.1, 0.15) is 0 Å². The number of nitrogens with zero attached hydrogens (tertiary/aromatic N) is 4. The summed E-state index contributed by atoms with van der Waals surface area (Å²) in [4.78, 5) is 21.7. The maximum absolute atomic E-state index is 12.1. The highest BCUT2D eigenvalue weighted by Gasteiger charge is 2.28. The molecule has 0 saturated carbocycles. The molecule has 0 radical (unpaired) electrons. The lowest BCUT2D eigenvalue weighted by Crippen LogP contribution is -2.50. The molecule has 1 saturated heterocycles. The second kappa shape index (κ2) is 10.2. The Hall–Kier alpha value is -1.19. The fraction of sp³-hybridized carbons (Fsp3) is 0.562. The van der Waals surface area contributed by atoms with Crippen LogP contribution in [-0.4, -0.2) is 58.1 Å². The fourth-order valence-electron chi connectivity index (χ4n) is 2.83. The molecule has 0 spiro atoms. The minimum absolute atomic E-state index is 0. The second-order valence-electron chi connectivity index (χ2n) is 6.21. The van der Waals surface area contributed by atoms with Crippen molar-refractivity contribution in [2.24, 2.45) is 5.73 Å². The molecule has 1 aliphatic rings. The molecule has 10 heteroatoms. The number of aromatic nitrogens is 2. The summed E-state index contributed by atoms with van der Waals surface area (Å²) in [6.07, 6.45) is 0.406. The minimum atomic E-state index is -0.0940. The number of thiophene rings is 1. The molecule has 1 amide bonds. The van der Waals surface area contributed by atoms with E-state index in [9.17, 15) is 4.79 Å². The highest BCUT2D eigenvalue weighted by atomic mass is 35.5. The van der Waals surface area contributed by atoms with Crippen molar-refractivity contribution in [3.05, 3.63) is 23.4 Å². The van der Waals surface area contributed by atoms with E-state index in [0.29, 0.717) is 31.2 Å². The van der Waals surface area contributed by atoms with Gasteiger partial charge < -0.3 is 15.2 Å². The van der Waals surface area contributed by atoms with Gasteiger partial charge in [-0.05, 0) is 25.3 Å². The smallest absolute Gasteiger partial charge is 0.244 e. The maximum atomic E-state index is 12.1. The minimum Gasteiger partial charge on any atom is -0.340 e. The highest BCUT2D eigenvalue weighted by molar-refractivity contribution is 7.13. The summed E-state index contributed by atoms with van der Waals surface area (Å²) >= 11 is 1.59. The van der Waals surface area contributed by atoms with E-state index in [-0.39, 0.29) is 42.8 Å². The van der Waals surface area contributed by atoms with Crippen molar-refractivity contribution in [2.75, 3.05) is 26.2 Å². The van der Waals surface area contributed by atoms with Gasteiger partial charge in [-0.25, -0.2) is 0 Å². The van der Waals surface area contributed by atoms with Crippen LogP contribution in [0.1, 0.15) is 32.2 Å². The van der Waals surface area contributed by atoms with Gasteiger partial charge in [0.05, 0.1) is 10.9 Å². The van der Waals surface area contributed by atoms with Crippen LogP contribution in [0.3, 0.4) is 0 Å². The van der Waals surface area contributed by atoms with Gasteiger partial charge in [-0.15, -0.1) is 36.2 Å². The number of amides is 1. The van der Waals surface area contributed by atoms with Gasteiger partial charge in [0.25, 0.3) is 0 Å². The van der Waals surface area contributed by atoms with Crippen molar-refractivity contribution in [2.45, 2.75) is 32.4 Å². The number of nitrogens with two attached hydrogens (primary N) is 1. The van der Waals surface area contributed by atoms with Crippen LogP contribution in [-0.2, 0) is 4.79 Å². The average Bonchev–Trinajstić information content (AvgIpc) is 3.24. The summed E-state index contributed by atoms with van der Waals surface area (Å²) in [7, 11) is 0. The number of hydrogen-bond acceptors (Lipinski definition) is 7. The van der Waals surface area contributed by atoms with E-state index >= 15 is 0 Å². The van der Waals surface area contributed by atoms with Crippen molar-refractivity contribution in [1.82, 2.24) is 19.9 Å². The van der Waals surface area contributed by atoms with Crippen molar-refractivity contribution in [3.8, 4) is 10.7 Å². The van der Waals surface area contributed by atoms with E-state index in [1.165, 1.54) is 0 Å². The fourth-order valence-corrected chi connectivity index (χ4v) is 3.48. The van der Waals surface area contributed by atoms with Gasteiger partial charge in [0.15, 0.2) is 0 Å². The third-order valence-electron chi connectivity index (χ3n) is 4.25. The van der Waals surface area contributed by atoms with E-state index in [1.54, 1.807) is 11.3 Å². The Balaban J connectivity index is 0.00000169. The predicted octanol–water partition coefficient (Wildman–Crippen LogP) is 2.58. The van der Waals surface area contributed by atoms with E-state index in [0.717, 1.165) is 18.0 Å². The molecule has 7 nitrogen and oxygen atoms in total. The third kappa shape index (κ3) is 5.40. The van der Waals surface area contributed by atoms with Gasteiger partial charge in [0, 0.05) is 38.6 Å². The first-order valence-electron chi connectivity index (χ1n) is 8.19. The molecule has 1 aliphatic heterocycles. The zero-order valence-electron chi connectivity index (χ0n) is 14.8. The molecule has 2 aromatic rings. The second-order valence-corrected chi connectivity index (χ2v) is 7.16. The molecule has 2 N–H and O–H groups in total. The van der Waals surface area contributed by atoms with Gasteiger partial charge in [-0.1, -0.05) is 11.2 Å². The monoisotopic (exact) mass is 421 g/mol. The Morgan fingerprint density at radius 1 is 1.31 bits per heavy atom. The van der Waals surface area contributed by atoms with Crippen LogP contribution < -0.4 is 5.73 Å². The van der Waals surface area contributed by atoms with Crippen LogP contribution in [0, 0.1) is 0 Å². The zero-order valence-corrected chi connectivity index (χ0v) is 17.3.